The number of rotatable bonds is 3. The van der Waals surface area contributed by atoms with Gasteiger partial charge in [-0.2, -0.15) is 0 Å². The first-order valence-electron chi connectivity index (χ1n) is 7.48. The number of fused-ring (bicyclic) bond motifs is 1. The Labute approximate surface area is 148 Å². The van der Waals surface area contributed by atoms with Gasteiger partial charge in [-0.3, -0.25) is 0 Å². The highest BCUT2D eigenvalue weighted by molar-refractivity contribution is 14.0. The summed E-state index contributed by atoms with van der Waals surface area (Å²) in [4.78, 5) is 9.16. The van der Waals surface area contributed by atoms with Crippen molar-refractivity contribution in [2.45, 2.75) is 51.7 Å². The van der Waals surface area contributed by atoms with Crippen LogP contribution in [0.3, 0.4) is 0 Å². The normalized spacial score (nSPS) is 15.7. The summed E-state index contributed by atoms with van der Waals surface area (Å²) in [5.74, 6) is 1.47. The van der Waals surface area contributed by atoms with Crippen LogP contribution in [0, 0.1) is 0 Å². The molecule has 1 aliphatic carbocycles. The lowest BCUT2D eigenvalue weighted by molar-refractivity contribution is 0.507. The second-order valence-electron chi connectivity index (χ2n) is 6.69. The number of aliphatic imine (C=N–C) groups is 1. The Bertz CT molecular complexity index is 679. The van der Waals surface area contributed by atoms with E-state index in [0.29, 0.717) is 18.5 Å². The second kappa shape index (κ2) is 6.44. The quantitative estimate of drug-likeness (QED) is 0.462. The van der Waals surface area contributed by atoms with Gasteiger partial charge in [-0.15, -0.1) is 24.0 Å². The Hall–Kier alpha value is -1.31. The number of nitrogens with two attached hydrogens (primary N) is 1. The van der Waals surface area contributed by atoms with Crippen molar-refractivity contribution < 1.29 is 0 Å². The summed E-state index contributed by atoms with van der Waals surface area (Å²) in [6.07, 6.45) is 2.46. The van der Waals surface area contributed by atoms with E-state index in [1.165, 1.54) is 18.4 Å². The first-order valence-corrected chi connectivity index (χ1v) is 7.48. The number of para-hydroxylation sites is 2. The molecule has 1 heterocycles. The van der Waals surface area contributed by atoms with Crippen LogP contribution >= 0.6 is 24.0 Å². The van der Waals surface area contributed by atoms with Crippen molar-refractivity contribution in [3.05, 3.63) is 30.1 Å². The van der Waals surface area contributed by atoms with Gasteiger partial charge < -0.3 is 15.6 Å². The van der Waals surface area contributed by atoms with Crippen LogP contribution in [0.15, 0.2) is 29.3 Å². The van der Waals surface area contributed by atoms with Gasteiger partial charge in [0.1, 0.15) is 12.4 Å². The van der Waals surface area contributed by atoms with E-state index in [4.69, 9.17) is 10.7 Å². The number of nitrogens with one attached hydrogen (secondary N) is 1. The van der Waals surface area contributed by atoms with E-state index >= 15 is 0 Å². The van der Waals surface area contributed by atoms with Crippen LogP contribution < -0.4 is 11.1 Å². The van der Waals surface area contributed by atoms with Crippen LogP contribution in [-0.4, -0.2) is 21.0 Å². The summed E-state index contributed by atoms with van der Waals surface area (Å²) in [5.41, 5.74) is 8.11. The van der Waals surface area contributed by atoms with Crippen LogP contribution in [0.2, 0.25) is 0 Å². The van der Waals surface area contributed by atoms with Crippen molar-refractivity contribution in [3.8, 4) is 0 Å². The van der Waals surface area contributed by atoms with Gasteiger partial charge >= 0.3 is 0 Å². The predicted octanol–water partition coefficient (Wildman–Crippen LogP) is 3.19. The highest BCUT2D eigenvalue weighted by Crippen LogP contribution is 2.38. The van der Waals surface area contributed by atoms with E-state index in [1.54, 1.807) is 0 Å². The van der Waals surface area contributed by atoms with Crippen LogP contribution in [0.25, 0.3) is 11.0 Å². The van der Waals surface area contributed by atoms with Gasteiger partial charge in [-0.25, -0.2) is 9.98 Å². The van der Waals surface area contributed by atoms with E-state index in [-0.39, 0.29) is 29.5 Å². The molecule has 1 saturated carbocycles. The van der Waals surface area contributed by atoms with Crippen molar-refractivity contribution >= 4 is 41.0 Å². The van der Waals surface area contributed by atoms with Gasteiger partial charge in [0.15, 0.2) is 5.96 Å². The summed E-state index contributed by atoms with van der Waals surface area (Å²) in [5, 5.41) is 3.18. The third-order valence-corrected chi connectivity index (χ3v) is 3.47. The van der Waals surface area contributed by atoms with Gasteiger partial charge in [0, 0.05) is 11.6 Å². The molecule has 1 aliphatic rings. The average Bonchev–Trinajstić information content (AvgIpc) is 3.15. The zero-order valence-electron chi connectivity index (χ0n) is 13.3. The largest absolute Gasteiger partial charge is 0.370 e. The first-order chi connectivity index (χ1) is 9.94. The number of imidazole rings is 1. The molecular weight excluding hydrogens is 389 g/mol. The number of nitrogens with zero attached hydrogens (tertiary/aromatic N) is 3. The SMILES string of the molecule is CC(C)(C)NC(N)=NCc1nc2ccccc2n1C1CC1.I. The molecule has 2 aromatic rings. The molecule has 0 bridgehead atoms. The Balaban J connectivity index is 0.00000176. The lowest BCUT2D eigenvalue weighted by Gasteiger charge is -2.21. The van der Waals surface area contributed by atoms with E-state index in [1.807, 2.05) is 6.07 Å². The molecule has 5 nitrogen and oxygen atoms in total. The number of halogens is 1. The molecule has 0 aliphatic heterocycles. The molecule has 0 radical (unpaired) electrons. The molecule has 120 valence electrons. The predicted molar refractivity (Wildman–Crippen MR) is 102 cm³/mol. The molecular formula is C16H24IN5. The fraction of sp³-hybridized carbons (Fsp3) is 0.500. The number of guanidine groups is 1. The smallest absolute Gasteiger partial charge is 0.189 e. The van der Waals surface area contributed by atoms with Crippen LogP contribution in [0.1, 0.15) is 45.5 Å². The highest BCUT2D eigenvalue weighted by Gasteiger charge is 2.27. The third-order valence-electron chi connectivity index (χ3n) is 3.47. The van der Waals surface area contributed by atoms with E-state index in [0.717, 1.165) is 11.3 Å². The van der Waals surface area contributed by atoms with Crippen LogP contribution in [0.5, 0.6) is 0 Å². The number of hydrogen-bond donors (Lipinski definition) is 2. The van der Waals surface area contributed by atoms with E-state index < -0.39 is 0 Å². The zero-order chi connectivity index (χ0) is 15.0. The maximum atomic E-state index is 5.95. The molecule has 0 saturated heterocycles. The van der Waals surface area contributed by atoms with Gasteiger partial charge in [0.05, 0.1) is 11.0 Å². The molecule has 6 heteroatoms. The minimum atomic E-state index is -0.0792. The maximum absolute atomic E-state index is 5.95. The summed E-state index contributed by atoms with van der Waals surface area (Å²) in [6.45, 7) is 6.71. The molecule has 0 unspecified atom stereocenters. The minimum absolute atomic E-state index is 0. The molecule has 1 aromatic carbocycles. The topological polar surface area (TPSA) is 68.2 Å². The van der Waals surface area contributed by atoms with Gasteiger partial charge in [-0.1, -0.05) is 12.1 Å². The fourth-order valence-corrected chi connectivity index (χ4v) is 2.53. The molecule has 22 heavy (non-hydrogen) atoms. The Morgan fingerprint density at radius 1 is 1.36 bits per heavy atom. The third kappa shape index (κ3) is 3.91. The molecule has 1 aromatic heterocycles. The van der Waals surface area contributed by atoms with Crippen LogP contribution in [-0.2, 0) is 6.54 Å². The van der Waals surface area contributed by atoms with Crippen molar-refractivity contribution in [1.29, 1.82) is 0 Å². The molecule has 1 fully saturated rings. The standard InChI is InChI=1S/C16H23N5.HI/c1-16(2,3)20-15(17)18-10-14-19-12-6-4-5-7-13(12)21(14)11-8-9-11;/h4-7,11H,8-10H2,1-3H3,(H3,17,18,20);1H. The van der Waals surface area contributed by atoms with Crippen molar-refractivity contribution in [3.63, 3.8) is 0 Å². The molecule has 3 N–H and O–H groups in total. The highest BCUT2D eigenvalue weighted by atomic mass is 127. The van der Waals surface area contributed by atoms with Gasteiger partial charge in [-0.05, 0) is 45.7 Å². The summed E-state index contributed by atoms with van der Waals surface area (Å²) >= 11 is 0. The monoisotopic (exact) mass is 413 g/mol. The summed E-state index contributed by atoms with van der Waals surface area (Å²) < 4.78 is 2.32. The first kappa shape index (κ1) is 17.1. The fourth-order valence-electron chi connectivity index (χ4n) is 2.53. The lowest BCUT2D eigenvalue weighted by Crippen LogP contribution is -2.45. The van der Waals surface area contributed by atoms with Crippen molar-refractivity contribution in [2.75, 3.05) is 0 Å². The van der Waals surface area contributed by atoms with Crippen molar-refractivity contribution in [1.82, 2.24) is 14.9 Å². The summed E-state index contributed by atoms with van der Waals surface area (Å²) in [7, 11) is 0. The lowest BCUT2D eigenvalue weighted by atomic mass is 10.1. The Morgan fingerprint density at radius 2 is 2.05 bits per heavy atom. The van der Waals surface area contributed by atoms with E-state index in [9.17, 15) is 0 Å². The average molecular weight is 413 g/mol. The molecule has 0 atom stereocenters. The molecule has 0 spiro atoms. The number of hydrogen-bond acceptors (Lipinski definition) is 2. The Kier molecular flexibility index (Phi) is 4.99. The molecule has 3 rings (SSSR count). The number of aromatic nitrogens is 2. The molecule has 0 amide bonds. The summed E-state index contributed by atoms with van der Waals surface area (Å²) in [6, 6.07) is 8.85. The van der Waals surface area contributed by atoms with Crippen LogP contribution in [0.4, 0.5) is 0 Å². The maximum Gasteiger partial charge on any atom is 0.189 e. The minimum Gasteiger partial charge on any atom is -0.370 e. The second-order valence-corrected chi connectivity index (χ2v) is 6.69. The number of benzene rings is 1. The van der Waals surface area contributed by atoms with E-state index in [2.05, 4.69) is 53.8 Å². The van der Waals surface area contributed by atoms with Gasteiger partial charge in [0.2, 0.25) is 0 Å². The van der Waals surface area contributed by atoms with Gasteiger partial charge in [0.25, 0.3) is 0 Å². The zero-order valence-corrected chi connectivity index (χ0v) is 15.7. The Morgan fingerprint density at radius 3 is 2.68 bits per heavy atom. The van der Waals surface area contributed by atoms with Crippen molar-refractivity contribution in [2.24, 2.45) is 10.7 Å².